The summed E-state index contributed by atoms with van der Waals surface area (Å²) in [5, 5.41) is 0.419. The van der Waals surface area contributed by atoms with Gasteiger partial charge in [-0.1, -0.05) is 29.8 Å². The zero-order valence-electron chi connectivity index (χ0n) is 19.9. The number of carbonyl (C=O) groups excluding carboxylic acids is 2. The molecule has 9 nitrogen and oxygen atoms in total. The molecule has 0 aliphatic carbocycles. The van der Waals surface area contributed by atoms with Crippen LogP contribution in [-0.4, -0.2) is 30.1 Å². The minimum Gasteiger partial charge on any atom is -0.484 e. The maximum atomic E-state index is 13.7. The number of ether oxygens (including phenoxy) is 3. The van der Waals surface area contributed by atoms with E-state index >= 15 is 0 Å². The number of fused-ring (bicyclic) bond motifs is 3. The molecular formula is C28H22N2O7. The molecule has 9 heteroatoms. The van der Waals surface area contributed by atoms with Crippen LogP contribution >= 0.6 is 0 Å². The highest BCUT2D eigenvalue weighted by Crippen LogP contribution is 2.41. The minimum atomic E-state index is -0.695. The fourth-order valence-electron chi connectivity index (χ4n) is 4.78. The fraction of sp³-hybridized carbons (Fsp3) is 0.179. The Morgan fingerprint density at radius 1 is 1.03 bits per heavy atom. The lowest BCUT2D eigenvalue weighted by Gasteiger charge is -2.25. The molecule has 3 heterocycles. The first kappa shape index (κ1) is 22.7. The Labute approximate surface area is 210 Å². The molecule has 0 saturated carbocycles. The van der Waals surface area contributed by atoms with Crippen LogP contribution < -0.4 is 25.4 Å². The number of rotatable bonds is 6. The largest absolute Gasteiger partial charge is 0.484 e. The van der Waals surface area contributed by atoms with Crippen molar-refractivity contribution < 1.29 is 28.2 Å². The van der Waals surface area contributed by atoms with Gasteiger partial charge < -0.3 is 29.3 Å². The summed E-state index contributed by atoms with van der Waals surface area (Å²) in [6.45, 7) is 1.99. The van der Waals surface area contributed by atoms with Gasteiger partial charge in [-0.3, -0.25) is 14.4 Å². The van der Waals surface area contributed by atoms with Gasteiger partial charge in [-0.05, 0) is 54.4 Å². The first-order valence-electron chi connectivity index (χ1n) is 11.7. The van der Waals surface area contributed by atoms with Gasteiger partial charge in [0.1, 0.15) is 11.3 Å². The summed E-state index contributed by atoms with van der Waals surface area (Å²) in [6.07, 6.45) is 0. The Kier molecular flexibility index (Phi) is 5.33. The summed E-state index contributed by atoms with van der Waals surface area (Å²) >= 11 is 0. The van der Waals surface area contributed by atoms with E-state index in [0.29, 0.717) is 33.8 Å². The molecule has 2 amide bonds. The first-order valence-corrected chi connectivity index (χ1v) is 11.7. The van der Waals surface area contributed by atoms with Crippen molar-refractivity contribution in [3.05, 3.63) is 98.9 Å². The molecule has 0 bridgehead atoms. The predicted molar refractivity (Wildman–Crippen MR) is 133 cm³/mol. The van der Waals surface area contributed by atoms with Crippen LogP contribution in [0.4, 0.5) is 0 Å². The third-order valence-electron chi connectivity index (χ3n) is 6.49. The molecule has 4 aromatic rings. The van der Waals surface area contributed by atoms with Gasteiger partial charge in [0.05, 0.1) is 17.0 Å². The summed E-state index contributed by atoms with van der Waals surface area (Å²) in [7, 11) is 0. The van der Waals surface area contributed by atoms with Crippen molar-refractivity contribution in [3.63, 3.8) is 0 Å². The number of aryl methyl sites for hydroxylation is 1. The molecule has 0 radical (unpaired) electrons. The highest BCUT2D eigenvalue weighted by molar-refractivity contribution is 5.99. The molecule has 1 atom stereocenters. The Morgan fingerprint density at radius 2 is 1.81 bits per heavy atom. The molecule has 0 spiro atoms. The van der Waals surface area contributed by atoms with E-state index < -0.39 is 11.9 Å². The highest BCUT2D eigenvalue weighted by atomic mass is 16.7. The number of carbonyl (C=O) groups is 2. The topological polar surface area (TPSA) is 121 Å². The number of hydrogen-bond donors (Lipinski definition) is 1. The summed E-state index contributed by atoms with van der Waals surface area (Å²) in [4.78, 5) is 40.1. The highest BCUT2D eigenvalue weighted by Gasteiger charge is 2.42. The second-order valence-corrected chi connectivity index (χ2v) is 9.02. The van der Waals surface area contributed by atoms with Crippen molar-refractivity contribution in [1.29, 1.82) is 0 Å². The first-order chi connectivity index (χ1) is 17.9. The molecule has 2 N–H and O–H groups in total. The number of benzene rings is 3. The molecular weight excluding hydrogens is 476 g/mol. The molecule has 0 saturated heterocycles. The molecule has 186 valence electrons. The van der Waals surface area contributed by atoms with Gasteiger partial charge in [-0.15, -0.1) is 0 Å². The van der Waals surface area contributed by atoms with E-state index in [1.54, 1.807) is 47.4 Å². The summed E-state index contributed by atoms with van der Waals surface area (Å²) in [5.41, 5.74) is 7.98. The minimum absolute atomic E-state index is 0.0288. The van der Waals surface area contributed by atoms with Crippen LogP contribution in [0.1, 0.15) is 38.9 Å². The number of nitrogens with zero attached hydrogens (tertiary/aromatic N) is 1. The molecule has 6 rings (SSSR count). The van der Waals surface area contributed by atoms with Gasteiger partial charge in [-0.25, -0.2) is 0 Å². The Hall–Kier alpha value is -4.79. The lowest BCUT2D eigenvalue weighted by atomic mass is 9.97. The lowest BCUT2D eigenvalue weighted by Crippen LogP contribution is -2.29. The SMILES string of the molecule is Cc1ccc2oc3c(c(=O)c2c1)[C@H](c1ccc(OCC(N)=O)cc1)N(Cc1ccc2c(c1)OCO2)C3=O. The molecule has 2 aliphatic rings. The van der Waals surface area contributed by atoms with Gasteiger partial charge >= 0.3 is 0 Å². The lowest BCUT2D eigenvalue weighted by molar-refractivity contribution is -0.119. The van der Waals surface area contributed by atoms with Crippen molar-refractivity contribution in [2.45, 2.75) is 19.5 Å². The Morgan fingerprint density at radius 3 is 2.59 bits per heavy atom. The molecule has 1 aromatic heterocycles. The van der Waals surface area contributed by atoms with Crippen LogP contribution in [0.3, 0.4) is 0 Å². The second kappa shape index (κ2) is 8.70. The number of nitrogens with two attached hydrogens (primary N) is 1. The van der Waals surface area contributed by atoms with E-state index in [-0.39, 0.29) is 42.6 Å². The summed E-state index contributed by atoms with van der Waals surface area (Å²) in [5.74, 6) is 0.739. The smallest absolute Gasteiger partial charge is 0.291 e. The molecule has 0 fully saturated rings. The standard InChI is InChI=1S/C28H22N2O7/c1-15-2-8-20-19(10-15)26(32)24-25(17-4-6-18(7-5-17)34-13-23(29)31)30(28(33)27(24)37-20)12-16-3-9-21-22(11-16)36-14-35-21/h2-11,25H,12-14H2,1H3,(H2,29,31)/t25-/m0/s1. The van der Waals surface area contributed by atoms with E-state index in [1.807, 2.05) is 25.1 Å². The number of primary amides is 1. The van der Waals surface area contributed by atoms with E-state index in [2.05, 4.69) is 0 Å². The van der Waals surface area contributed by atoms with Crippen LogP contribution in [0.5, 0.6) is 17.2 Å². The van der Waals surface area contributed by atoms with E-state index in [4.69, 9.17) is 24.4 Å². The van der Waals surface area contributed by atoms with Crippen molar-refractivity contribution >= 4 is 22.8 Å². The van der Waals surface area contributed by atoms with Crippen LogP contribution in [0.2, 0.25) is 0 Å². The zero-order chi connectivity index (χ0) is 25.7. The Bertz CT molecular complexity index is 1620. The third-order valence-corrected chi connectivity index (χ3v) is 6.49. The number of amides is 2. The average Bonchev–Trinajstić information content (AvgIpc) is 3.46. The van der Waals surface area contributed by atoms with Crippen molar-refractivity contribution in [3.8, 4) is 17.2 Å². The molecule has 3 aromatic carbocycles. The van der Waals surface area contributed by atoms with Gasteiger partial charge in [0.25, 0.3) is 11.8 Å². The summed E-state index contributed by atoms with van der Waals surface area (Å²) in [6, 6.07) is 17.0. The van der Waals surface area contributed by atoms with Crippen LogP contribution in [0, 0.1) is 6.92 Å². The summed E-state index contributed by atoms with van der Waals surface area (Å²) < 4.78 is 22.3. The fourth-order valence-corrected chi connectivity index (χ4v) is 4.78. The normalized spacial score (nSPS) is 15.8. The van der Waals surface area contributed by atoms with Gasteiger partial charge in [0, 0.05) is 6.54 Å². The maximum absolute atomic E-state index is 13.7. The third kappa shape index (κ3) is 3.94. The van der Waals surface area contributed by atoms with Crippen LogP contribution in [-0.2, 0) is 11.3 Å². The Balaban J connectivity index is 1.46. The van der Waals surface area contributed by atoms with Crippen LogP contribution in [0.15, 0.2) is 69.9 Å². The van der Waals surface area contributed by atoms with E-state index in [0.717, 1.165) is 11.1 Å². The molecule has 2 aliphatic heterocycles. The van der Waals surface area contributed by atoms with Crippen molar-refractivity contribution in [2.24, 2.45) is 5.73 Å². The van der Waals surface area contributed by atoms with Crippen molar-refractivity contribution in [2.75, 3.05) is 13.4 Å². The predicted octanol–water partition coefficient (Wildman–Crippen LogP) is 3.44. The number of hydrogen-bond acceptors (Lipinski definition) is 7. The van der Waals surface area contributed by atoms with Crippen LogP contribution in [0.25, 0.3) is 11.0 Å². The van der Waals surface area contributed by atoms with E-state index in [9.17, 15) is 14.4 Å². The molecule has 37 heavy (non-hydrogen) atoms. The zero-order valence-corrected chi connectivity index (χ0v) is 19.9. The van der Waals surface area contributed by atoms with Gasteiger partial charge in [-0.2, -0.15) is 0 Å². The van der Waals surface area contributed by atoms with Gasteiger partial charge in [0.2, 0.25) is 12.6 Å². The van der Waals surface area contributed by atoms with Gasteiger partial charge in [0.15, 0.2) is 23.5 Å². The average molecular weight is 498 g/mol. The quantitative estimate of drug-likeness (QED) is 0.432. The monoisotopic (exact) mass is 498 g/mol. The van der Waals surface area contributed by atoms with E-state index in [1.165, 1.54) is 0 Å². The van der Waals surface area contributed by atoms with Crippen molar-refractivity contribution in [1.82, 2.24) is 4.90 Å². The maximum Gasteiger partial charge on any atom is 0.291 e. The second-order valence-electron chi connectivity index (χ2n) is 9.02. The molecule has 0 unspecified atom stereocenters.